The molecule has 4 aliphatic rings. The third-order valence-corrected chi connectivity index (χ3v) is 12.6. The van der Waals surface area contributed by atoms with E-state index in [1.807, 2.05) is 13.8 Å². The lowest BCUT2D eigenvalue weighted by atomic mass is 9.44. The van der Waals surface area contributed by atoms with Crippen molar-refractivity contribution in [2.24, 2.45) is 16.7 Å². The van der Waals surface area contributed by atoms with Crippen LogP contribution in [0.25, 0.3) is 0 Å². The van der Waals surface area contributed by atoms with E-state index < -0.39 is 112 Å². The summed E-state index contributed by atoms with van der Waals surface area (Å²) in [6, 6.07) is 14.6. The molecule has 11 atom stereocenters. The number of carbonyl (C=O) groups is 5. The summed E-state index contributed by atoms with van der Waals surface area (Å²) in [4.78, 5) is 68.9. The van der Waals surface area contributed by atoms with Gasteiger partial charge in [0, 0.05) is 25.2 Å². The zero-order valence-electron chi connectivity index (χ0n) is 35.9. The third kappa shape index (κ3) is 7.97. The fourth-order valence-corrected chi connectivity index (χ4v) is 9.56. The zero-order valence-corrected chi connectivity index (χ0v) is 35.9. The van der Waals surface area contributed by atoms with Crippen LogP contribution in [0.5, 0.6) is 0 Å². The van der Waals surface area contributed by atoms with E-state index in [0.717, 1.165) is 6.92 Å². The van der Waals surface area contributed by atoms with Gasteiger partial charge in [0.1, 0.15) is 35.6 Å². The number of hydrogen-bond donors (Lipinski definition) is 5. The Balaban J connectivity index is 0.00000336. The highest BCUT2D eigenvalue weighted by molar-refractivity contribution is 5.94. The van der Waals surface area contributed by atoms with Gasteiger partial charge in [0.15, 0.2) is 17.5 Å². The highest BCUT2D eigenvalue weighted by Gasteiger charge is 2.78. The topological polar surface area (TPSA) is 224 Å². The average Bonchev–Trinajstić information content (AvgIpc) is 3.18. The van der Waals surface area contributed by atoms with E-state index in [-0.39, 0.29) is 29.7 Å². The minimum absolute atomic E-state index is 0.0637. The van der Waals surface area contributed by atoms with Gasteiger partial charge in [-0.05, 0) is 63.5 Å². The Hall–Kier alpha value is -4.67. The number of aliphatic hydroxyl groups is 4. The molecule has 60 heavy (non-hydrogen) atoms. The molecular formula is C45H59NO14. The summed E-state index contributed by atoms with van der Waals surface area (Å²) < 4.78 is 29.5. The predicted octanol–water partition coefficient (Wildman–Crippen LogP) is 4.29. The summed E-state index contributed by atoms with van der Waals surface area (Å²) in [5.74, 6) is -5.36. The number of benzene rings is 2. The Morgan fingerprint density at radius 1 is 0.933 bits per heavy atom. The largest absolute Gasteiger partial charge is 0.456 e. The molecule has 1 unspecified atom stereocenters. The van der Waals surface area contributed by atoms with Crippen LogP contribution in [0.3, 0.4) is 0 Å². The standard InChI is InChI=1S/C43H53NO14.C2H6/c1-22-26(55-37(51)32(48)30(24-15-11-9-12-16-24)44-38(52)58-39(3,4)5)20-43(53)35(56-36(50)25-17-13-10-14-18-25)33-41(8,34(49)31(47)29(22)40(43,6)7)27(46)19-28-42(33,21-54-28)57-23(2)45;1-2/h9-18,26-28,30-33,35,46-48,53H,19-21H2,1-8H3,(H,44,52);1-2H3/t26-,27-,28+,30-,31+,32+,33?,35-,41+,42-,43+;/m0./s1. The Labute approximate surface area is 350 Å². The first kappa shape index (κ1) is 46.4. The molecule has 2 saturated carbocycles. The summed E-state index contributed by atoms with van der Waals surface area (Å²) in [7, 11) is 0. The molecule has 2 aromatic carbocycles. The van der Waals surface area contributed by atoms with Crippen LogP contribution in [0.4, 0.5) is 4.79 Å². The number of hydrogen-bond acceptors (Lipinski definition) is 14. The molecule has 0 radical (unpaired) electrons. The summed E-state index contributed by atoms with van der Waals surface area (Å²) in [6.07, 6.45) is -11.5. The monoisotopic (exact) mass is 837 g/mol. The van der Waals surface area contributed by atoms with Crippen LogP contribution in [0.1, 0.15) is 104 Å². The zero-order chi connectivity index (χ0) is 44.7. The molecule has 0 aromatic heterocycles. The van der Waals surface area contributed by atoms with Crippen molar-refractivity contribution in [3.8, 4) is 0 Å². The van der Waals surface area contributed by atoms with Gasteiger partial charge in [-0.3, -0.25) is 9.59 Å². The number of fused-ring (bicyclic) bond motifs is 5. The fourth-order valence-electron chi connectivity index (χ4n) is 9.56. The van der Waals surface area contributed by atoms with Gasteiger partial charge >= 0.3 is 24.0 Å². The highest BCUT2D eigenvalue weighted by Crippen LogP contribution is 2.64. The average molecular weight is 838 g/mol. The van der Waals surface area contributed by atoms with Crippen molar-refractivity contribution in [1.29, 1.82) is 0 Å². The number of carbonyl (C=O) groups excluding carboxylic acids is 5. The van der Waals surface area contributed by atoms with Crippen LogP contribution in [-0.4, -0.2) is 110 Å². The van der Waals surface area contributed by atoms with Crippen LogP contribution in [0.2, 0.25) is 0 Å². The summed E-state index contributed by atoms with van der Waals surface area (Å²) in [5.41, 5.74) is -8.14. The van der Waals surface area contributed by atoms with Gasteiger partial charge in [-0.1, -0.05) is 76.2 Å². The van der Waals surface area contributed by atoms with Crippen molar-refractivity contribution in [3.63, 3.8) is 0 Å². The van der Waals surface area contributed by atoms with E-state index in [0.29, 0.717) is 5.56 Å². The SMILES string of the molecule is CC.CC(=O)O[C@@]12CO[C@@H]1C[C@H](O)[C@@]1(C)C(=O)[C@H](O)C3=C(C)[C@@H](OC(=O)[C@H](O)[C@@H](NC(=O)OC(C)(C)C)c4ccccc4)C[C@@](O)([C@@H](OC(=O)c4ccccc4)C12)C3(C)C. The number of amides is 1. The second kappa shape index (κ2) is 17.0. The molecule has 3 fully saturated rings. The van der Waals surface area contributed by atoms with Gasteiger partial charge in [0.2, 0.25) is 0 Å². The molecule has 1 aliphatic heterocycles. The van der Waals surface area contributed by atoms with Crippen LogP contribution < -0.4 is 5.32 Å². The highest BCUT2D eigenvalue weighted by atomic mass is 16.6. The molecule has 0 spiro atoms. The Bertz CT molecular complexity index is 1980. The van der Waals surface area contributed by atoms with Crippen LogP contribution >= 0.6 is 0 Å². The second-order valence-electron chi connectivity index (χ2n) is 17.6. The quantitative estimate of drug-likeness (QED) is 0.142. The fraction of sp³-hybridized carbons (Fsp3) is 0.578. The molecule has 15 nitrogen and oxygen atoms in total. The number of rotatable bonds is 8. The van der Waals surface area contributed by atoms with Gasteiger partial charge in [0.05, 0.1) is 35.6 Å². The second-order valence-corrected chi connectivity index (χ2v) is 17.6. The van der Waals surface area contributed by atoms with Crippen LogP contribution in [0, 0.1) is 16.7 Å². The molecule has 3 aliphatic carbocycles. The smallest absolute Gasteiger partial charge is 0.408 e. The van der Waals surface area contributed by atoms with Gasteiger partial charge in [-0.2, -0.15) is 0 Å². The number of alkyl carbamates (subject to hydrolysis) is 1. The van der Waals surface area contributed by atoms with Crippen molar-refractivity contribution in [2.45, 2.75) is 142 Å². The Morgan fingerprint density at radius 3 is 2.05 bits per heavy atom. The van der Waals surface area contributed by atoms with Crippen molar-refractivity contribution >= 4 is 29.8 Å². The number of Topliss-reactive ketones (excluding diaryl/α,β-unsaturated/α-hetero) is 1. The molecule has 6 rings (SSSR count). The Morgan fingerprint density at radius 2 is 1.52 bits per heavy atom. The molecular weight excluding hydrogens is 778 g/mol. The lowest BCUT2D eigenvalue weighted by Crippen LogP contribution is -2.81. The Kier molecular flexibility index (Phi) is 13.1. The van der Waals surface area contributed by atoms with Gasteiger partial charge in [0.25, 0.3) is 0 Å². The van der Waals surface area contributed by atoms with Crippen molar-refractivity contribution in [2.75, 3.05) is 6.61 Å². The van der Waals surface area contributed by atoms with Crippen LogP contribution in [0.15, 0.2) is 71.8 Å². The number of aliphatic hydroxyl groups excluding tert-OH is 3. The summed E-state index contributed by atoms with van der Waals surface area (Å²) >= 11 is 0. The van der Waals surface area contributed by atoms with E-state index >= 15 is 0 Å². The van der Waals surface area contributed by atoms with Crippen LogP contribution in [-0.2, 0) is 38.1 Å². The molecule has 1 heterocycles. The first-order chi connectivity index (χ1) is 28.0. The summed E-state index contributed by atoms with van der Waals surface area (Å²) in [6.45, 7) is 15.8. The maximum atomic E-state index is 14.9. The van der Waals surface area contributed by atoms with E-state index in [9.17, 15) is 44.4 Å². The predicted molar refractivity (Wildman–Crippen MR) is 215 cm³/mol. The molecule has 2 aromatic rings. The number of nitrogens with one attached hydrogen (secondary N) is 1. The molecule has 1 saturated heterocycles. The molecule has 328 valence electrons. The maximum absolute atomic E-state index is 14.9. The number of esters is 3. The van der Waals surface area contributed by atoms with Crippen molar-refractivity contribution in [3.05, 3.63) is 82.9 Å². The molecule has 5 N–H and O–H groups in total. The van der Waals surface area contributed by atoms with Crippen molar-refractivity contribution < 1.29 is 68.1 Å². The molecule has 15 heteroatoms. The first-order valence-electron chi connectivity index (χ1n) is 20.3. The van der Waals surface area contributed by atoms with Gasteiger partial charge in [-0.15, -0.1) is 0 Å². The lowest BCUT2D eigenvalue weighted by molar-refractivity contribution is -0.346. The van der Waals surface area contributed by atoms with Gasteiger partial charge < -0.3 is 49.4 Å². The molecule has 2 bridgehead atoms. The number of ketones is 1. The van der Waals surface area contributed by atoms with E-state index in [1.165, 1.54) is 26.0 Å². The minimum atomic E-state index is -2.35. The third-order valence-electron chi connectivity index (χ3n) is 12.6. The minimum Gasteiger partial charge on any atom is -0.456 e. The normalized spacial score (nSPS) is 32.7. The lowest BCUT2D eigenvalue weighted by Gasteiger charge is -2.67. The van der Waals surface area contributed by atoms with Gasteiger partial charge in [-0.25, -0.2) is 14.4 Å². The molecule has 1 amide bonds. The van der Waals surface area contributed by atoms with E-state index in [1.54, 1.807) is 83.1 Å². The van der Waals surface area contributed by atoms with E-state index in [4.69, 9.17) is 23.7 Å². The first-order valence-corrected chi connectivity index (χ1v) is 20.3. The maximum Gasteiger partial charge on any atom is 0.408 e. The van der Waals surface area contributed by atoms with E-state index in [2.05, 4.69) is 5.32 Å². The summed E-state index contributed by atoms with van der Waals surface area (Å²) in [5, 5.41) is 51.6. The number of ether oxygens (including phenoxy) is 5. The van der Waals surface area contributed by atoms with Crippen molar-refractivity contribution in [1.82, 2.24) is 5.32 Å².